The number of hydrogen-bond donors (Lipinski definition) is 1. The van der Waals surface area contributed by atoms with Gasteiger partial charge in [0.1, 0.15) is 0 Å². The molecule has 0 amide bonds. The van der Waals surface area contributed by atoms with Crippen molar-refractivity contribution >= 4 is 0 Å². The largest absolute Gasteiger partial charge is 0.311 e. The van der Waals surface area contributed by atoms with Crippen molar-refractivity contribution in [2.45, 2.75) is 40.8 Å². The van der Waals surface area contributed by atoms with Crippen LogP contribution in [0.3, 0.4) is 0 Å². The van der Waals surface area contributed by atoms with Crippen LogP contribution in [-0.2, 0) is 13.1 Å². The van der Waals surface area contributed by atoms with Crippen molar-refractivity contribution in [3.8, 4) is 0 Å². The Morgan fingerprint density at radius 3 is 2.72 bits per heavy atom. The Morgan fingerprint density at radius 1 is 1.39 bits per heavy atom. The second-order valence-corrected chi connectivity index (χ2v) is 6.05. The zero-order valence-corrected chi connectivity index (χ0v) is 12.4. The molecule has 1 rings (SSSR count). The van der Waals surface area contributed by atoms with Crippen LogP contribution in [0.5, 0.6) is 0 Å². The third-order valence-corrected chi connectivity index (χ3v) is 2.60. The van der Waals surface area contributed by atoms with E-state index in [0.29, 0.717) is 5.41 Å². The number of hydrogen-bond acceptors (Lipinski definition) is 4. The van der Waals surface area contributed by atoms with E-state index in [2.05, 4.69) is 55.3 Å². The van der Waals surface area contributed by atoms with Crippen molar-refractivity contribution in [1.82, 2.24) is 25.2 Å². The van der Waals surface area contributed by atoms with Crippen LogP contribution >= 0.6 is 0 Å². The van der Waals surface area contributed by atoms with Crippen LogP contribution < -0.4 is 5.32 Å². The van der Waals surface area contributed by atoms with Crippen LogP contribution in [0.1, 0.15) is 33.4 Å². The number of nitrogens with zero attached hydrogens (tertiary/aromatic N) is 4. The van der Waals surface area contributed by atoms with Crippen molar-refractivity contribution in [3.63, 3.8) is 0 Å². The van der Waals surface area contributed by atoms with Gasteiger partial charge in [-0.05, 0) is 19.0 Å². The lowest BCUT2D eigenvalue weighted by molar-refractivity contribution is 0.218. The third kappa shape index (κ3) is 6.12. The summed E-state index contributed by atoms with van der Waals surface area (Å²) in [4.78, 5) is 2.34. The Morgan fingerprint density at radius 2 is 2.11 bits per heavy atom. The molecule has 0 atom stereocenters. The maximum atomic E-state index is 4.14. The Labute approximate surface area is 111 Å². The second kappa shape index (κ2) is 6.85. The predicted octanol–water partition coefficient (Wildman–Crippen LogP) is 1.37. The Kier molecular flexibility index (Phi) is 5.75. The third-order valence-electron chi connectivity index (χ3n) is 2.60. The van der Waals surface area contributed by atoms with E-state index in [4.69, 9.17) is 0 Å². The summed E-state index contributed by atoms with van der Waals surface area (Å²) in [6, 6.07) is 0. The smallest absolute Gasteiger partial charge is 0.0964 e. The van der Waals surface area contributed by atoms with Gasteiger partial charge >= 0.3 is 0 Å². The first-order chi connectivity index (χ1) is 8.40. The van der Waals surface area contributed by atoms with Crippen LogP contribution in [0.2, 0.25) is 0 Å². The molecule has 0 unspecified atom stereocenters. The maximum Gasteiger partial charge on any atom is 0.0964 e. The molecule has 1 aromatic rings. The molecule has 0 saturated carbocycles. The molecule has 0 aliphatic rings. The highest BCUT2D eigenvalue weighted by molar-refractivity contribution is 4.91. The fourth-order valence-electron chi connectivity index (χ4n) is 1.94. The molecule has 0 saturated heterocycles. The highest BCUT2D eigenvalue weighted by atomic mass is 15.4. The minimum absolute atomic E-state index is 0.341. The van der Waals surface area contributed by atoms with Crippen molar-refractivity contribution < 1.29 is 0 Å². The molecule has 1 aromatic heterocycles. The highest BCUT2D eigenvalue weighted by Crippen LogP contribution is 2.13. The van der Waals surface area contributed by atoms with E-state index in [-0.39, 0.29) is 0 Å². The molecule has 18 heavy (non-hydrogen) atoms. The monoisotopic (exact) mass is 253 g/mol. The molecule has 0 aliphatic carbocycles. The van der Waals surface area contributed by atoms with E-state index in [1.165, 1.54) is 0 Å². The lowest BCUT2D eigenvalue weighted by Gasteiger charge is -2.26. The van der Waals surface area contributed by atoms with E-state index >= 15 is 0 Å². The van der Waals surface area contributed by atoms with Gasteiger partial charge in [-0.25, -0.2) is 0 Å². The summed E-state index contributed by atoms with van der Waals surface area (Å²) in [5, 5.41) is 11.5. The lowest BCUT2D eigenvalue weighted by Crippen LogP contribution is -2.31. The summed E-state index contributed by atoms with van der Waals surface area (Å²) in [6.45, 7) is 13.6. The Bertz CT molecular complexity index is 339. The van der Waals surface area contributed by atoms with Gasteiger partial charge in [0.05, 0.1) is 12.2 Å². The summed E-state index contributed by atoms with van der Waals surface area (Å²) in [7, 11) is 2.15. The molecule has 5 nitrogen and oxygen atoms in total. The van der Waals surface area contributed by atoms with E-state index in [1.807, 2.05) is 10.9 Å². The molecule has 5 heteroatoms. The quantitative estimate of drug-likeness (QED) is 0.797. The average molecular weight is 253 g/mol. The van der Waals surface area contributed by atoms with Crippen LogP contribution in [-0.4, -0.2) is 46.6 Å². The first-order valence-corrected chi connectivity index (χ1v) is 6.69. The summed E-state index contributed by atoms with van der Waals surface area (Å²) < 4.78 is 1.92. The molecule has 0 aromatic carbocycles. The van der Waals surface area contributed by atoms with Crippen molar-refractivity contribution in [3.05, 3.63) is 11.9 Å². The van der Waals surface area contributed by atoms with Gasteiger partial charge in [-0.2, -0.15) is 0 Å². The molecular formula is C13H27N5. The SMILES string of the molecule is CCNCc1cn(CCN(C)CC(C)(C)C)nn1. The van der Waals surface area contributed by atoms with Crippen LogP contribution in [0.25, 0.3) is 0 Å². The fourth-order valence-corrected chi connectivity index (χ4v) is 1.94. The Balaban J connectivity index is 2.32. The molecule has 0 fully saturated rings. The highest BCUT2D eigenvalue weighted by Gasteiger charge is 2.13. The Hall–Kier alpha value is -0.940. The van der Waals surface area contributed by atoms with Crippen LogP contribution in [0, 0.1) is 5.41 Å². The molecule has 1 N–H and O–H groups in total. The molecule has 1 heterocycles. The molecule has 0 bridgehead atoms. The average Bonchev–Trinajstić information content (AvgIpc) is 2.69. The van der Waals surface area contributed by atoms with E-state index in [9.17, 15) is 0 Å². The zero-order valence-electron chi connectivity index (χ0n) is 12.4. The number of rotatable bonds is 7. The predicted molar refractivity (Wildman–Crippen MR) is 74.4 cm³/mol. The van der Waals surface area contributed by atoms with Crippen LogP contribution in [0.15, 0.2) is 6.20 Å². The van der Waals surface area contributed by atoms with E-state index in [0.717, 1.165) is 38.4 Å². The summed E-state index contributed by atoms with van der Waals surface area (Å²) in [5.41, 5.74) is 1.35. The second-order valence-electron chi connectivity index (χ2n) is 6.05. The van der Waals surface area contributed by atoms with Crippen molar-refractivity contribution in [2.24, 2.45) is 5.41 Å². The maximum absolute atomic E-state index is 4.14. The van der Waals surface area contributed by atoms with Gasteiger partial charge in [0.2, 0.25) is 0 Å². The van der Waals surface area contributed by atoms with Gasteiger partial charge in [-0.3, -0.25) is 4.68 Å². The van der Waals surface area contributed by atoms with Gasteiger partial charge < -0.3 is 10.2 Å². The molecule has 0 radical (unpaired) electrons. The zero-order chi connectivity index (χ0) is 13.6. The van der Waals surface area contributed by atoms with Crippen molar-refractivity contribution in [2.75, 3.05) is 26.7 Å². The van der Waals surface area contributed by atoms with Crippen LogP contribution in [0.4, 0.5) is 0 Å². The van der Waals surface area contributed by atoms with Gasteiger partial charge in [-0.15, -0.1) is 5.10 Å². The van der Waals surface area contributed by atoms with E-state index < -0.39 is 0 Å². The minimum Gasteiger partial charge on any atom is -0.311 e. The standard InChI is InChI=1S/C13H27N5/c1-6-14-9-12-10-18(16-15-12)8-7-17(5)11-13(2,3)4/h10,14H,6-9,11H2,1-5H3. The van der Waals surface area contributed by atoms with E-state index in [1.54, 1.807) is 0 Å². The normalized spacial score (nSPS) is 12.3. The van der Waals surface area contributed by atoms with Gasteiger partial charge in [-0.1, -0.05) is 32.9 Å². The van der Waals surface area contributed by atoms with Crippen molar-refractivity contribution in [1.29, 1.82) is 0 Å². The summed E-state index contributed by atoms with van der Waals surface area (Å²) in [5.74, 6) is 0. The summed E-state index contributed by atoms with van der Waals surface area (Å²) >= 11 is 0. The molecule has 0 spiro atoms. The fraction of sp³-hybridized carbons (Fsp3) is 0.846. The van der Waals surface area contributed by atoms with Gasteiger partial charge in [0, 0.05) is 25.8 Å². The first kappa shape index (κ1) is 15.1. The minimum atomic E-state index is 0.341. The topological polar surface area (TPSA) is 46.0 Å². The molecular weight excluding hydrogens is 226 g/mol. The van der Waals surface area contributed by atoms with Gasteiger partial charge in [0.25, 0.3) is 0 Å². The molecule has 104 valence electrons. The lowest BCUT2D eigenvalue weighted by atomic mass is 9.96. The summed E-state index contributed by atoms with van der Waals surface area (Å²) in [6.07, 6.45) is 2.02. The number of likely N-dealkylation sites (N-methyl/N-ethyl adjacent to an activating group) is 1. The number of nitrogens with one attached hydrogen (secondary N) is 1. The number of aromatic nitrogens is 3. The van der Waals surface area contributed by atoms with Gasteiger partial charge in [0.15, 0.2) is 0 Å². The first-order valence-electron chi connectivity index (χ1n) is 6.69. The molecule has 0 aliphatic heterocycles.